The van der Waals surface area contributed by atoms with Crippen LogP contribution in [0.15, 0.2) is 36.5 Å². The smallest absolute Gasteiger partial charge is 0.245 e. The second-order valence-electron chi connectivity index (χ2n) is 16.0. The molecule has 1 aliphatic heterocycles. The third kappa shape index (κ3) is 11.0. The van der Waals surface area contributed by atoms with Crippen molar-refractivity contribution in [1.82, 2.24) is 30.3 Å². The summed E-state index contributed by atoms with van der Waals surface area (Å²) in [5.41, 5.74) is 2.04. The van der Waals surface area contributed by atoms with Gasteiger partial charge < -0.3 is 29.9 Å². The number of hydrogen-bond donors (Lipinski definition) is 2. The van der Waals surface area contributed by atoms with Crippen LogP contribution in [0.3, 0.4) is 0 Å². The number of nitrogens with one attached hydrogen (secondary N) is 2. The second kappa shape index (κ2) is 20.9. The first-order chi connectivity index (χ1) is 25.6. The van der Waals surface area contributed by atoms with Gasteiger partial charge in [-0.2, -0.15) is 0 Å². The second-order valence-corrected chi connectivity index (χ2v) is 16.0. The molecule has 0 spiro atoms. The van der Waals surface area contributed by atoms with Crippen molar-refractivity contribution in [3.05, 3.63) is 42.1 Å². The Morgan fingerprint density at radius 2 is 1.63 bits per heavy atom. The van der Waals surface area contributed by atoms with Crippen LogP contribution in [0.4, 0.5) is 0 Å². The van der Waals surface area contributed by atoms with Gasteiger partial charge in [-0.25, -0.2) is 0 Å². The van der Waals surface area contributed by atoms with E-state index in [-0.39, 0.29) is 59.9 Å². The quantitative estimate of drug-likeness (QED) is 0.202. The molecule has 12 nitrogen and oxygen atoms in total. The monoisotopic (exact) mass is 753 g/mol. The summed E-state index contributed by atoms with van der Waals surface area (Å²) < 4.78 is 12.0. The molecule has 0 unspecified atom stereocenters. The maximum absolute atomic E-state index is 14.2. The van der Waals surface area contributed by atoms with Crippen molar-refractivity contribution < 1.29 is 28.7 Å². The van der Waals surface area contributed by atoms with Crippen molar-refractivity contribution in [2.24, 2.45) is 23.7 Å². The zero-order valence-electron chi connectivity index (χ0n) is 34.9. The third-order valence-corrected chi connectivity index (χ3v) is 11.4. The number of para-hydroxylation sites is 1. The van der Waals surface area contributed by atoms with E-state index in [1.165, 1.54) is 0 Å². The van der Waals surface area contributed by atoms with Gasteiger partial charge in [0.05, 0.1) is 48.2 Å². The maximum atomic E-state index is 14.2. The van der Waals surface area contributed by atoms with Crippen LogP contribution < -0.4 is 10.6 Å². The molecule has 0 bridgehead atoms. The number of aromatic nitrogens is 1. The zero-order valence-corrected chi connectivity index (χ0v) is 34.9. The first-order valence-corrected chi connectivity index (χ1v) is 19.8. The average Bonchev–Trinajstić information content (AvgIpc) is 3.62. The van der Waals surface area contributed by atoms with Crippen LogP contribution in [0, 0.1) is 23.7 Å². The van der Waals surface area contributed by atoms with Crippen LogP contribution in [0.2, 0.25) is 0 Å². The highest BCUT2D eigenvalue weighted by molar-refractivity contribution is 5.90. The molecule has 8 atom stereocenters. The van der Waals surface area contributed by atoms with Gasteiger partial charge in [0.1, 0.15) is 6.04 Å². The molecule has 302 valence electrons. The normalized spacial score (nSPS) is 18.6. The number of nitrogens with zero attached hydrogens (tertiary/aromatic N) is 4. The molecule has 1 fully saturated rings. The summed E-state index contributed by atoms with van der Waals surface area (Å²) in [5, 5.41) is 7.22. The van der Waals surface area contributed by atoms with Crippen LogP contribution >= 0.6 is 0 Å². The molecule has 2 heterocycles. The van der Waals surface area contributed by atoms with E-state index in [0.717, 1.165) is 35.7 Å². The molecule has 2 aromatic rings. The van der Waals surface area contributed by atoms with Crippen LogP contribution in [0.25, 0.3) is 10.9 Å². The summed E-state index contributed by atoms with van der Waals surface area (Å²) in [4.78, 5) is 65.2. The fourth-order valence-corrected chi connectivity index (χ4v) is 8.27. The molecular weight excluding hydrogens is 684 g/mol. The van der Waals surface area contributed by atoms with Crippen LogP contribution in [-0.4, -0.2) is 128 Å². The molecule has 1 aromatic heterocycles. The lowest BCUT2D eigenvalue weighted by Crippen LogP contribution is -2.59. The Morgan fingerprint density at radius 3 is 2.22 bits per heavy atom. The maximum Gasteiger partial charge on any atom is 0.245 e. The predicted octanol–water partition coefficient (Wildman–Crippen LogP) is 4.54. The summed E-state index contributed by atoms with van der Waals surface area (Å²) in [6.07, 6.45) is 3.70. The van der Waals surface area contributed by atoms with Gasteiger partial charge in [0.25, 0.3) is 0 Å². The summed E-state index contributed by atoms with van der Waals surface area (Å²) >= 11 is 0. The lowest BCUT2D eigenvalue weighted by molar-refractivity contribution is -0.148. The van der Waals surface area contributed by atoms with Crippen molar-refractivity contribution in [3.8, 4) is 0 Å². The van der Waals surface area contributed by atoms with E-state index in [2.05, 4.69) is 29.5 Å². The fourth-order valence-electron chi connectivity index (χ4n) is 8.27. The topological polar surface area (TPSA) is 133 Å². The Kier molecular flexibility index (Phi) is 17.3. The summed E-state index contributed by atoms with van der Waals surface area (Å²) in [6.45, 7) is 14.8. The highest BCUT2D eigenvalue weighted by Crippen LogP contribution is 2.30. The Morgan fingerprint density at radius 1 is 0.944 bits per heavy atom. The highest BCUT2D eigenvalue weighted by atomic mass is 16.5. The Labute approximate surface area is 324 Å². The molecule has 0 radical (unpaired) electrons. The van der Waals surface area contributed by atoms with Gasteiger partial charge in [0.15, 0.2) is 0 Å². The van der Waals surface area contributed by atoms with E-state index in [1.54, 1.807) is 32.4 Å². The molecule has 4 amide bonds. The molecule has 1 aromatic carbocycles. The molecule has 0 aliphatic carbocycles. The minimum absolute atomic E-state index is 0.000330. The number of likely N-dealkylation sites (N-methyl/N-ethyl adjacent to an activating group) is 2. The van der Waals surface area contributed by atoms with Crippen LogP contribution in [0.1, 0.15) is 79.7 Å². The van der Waals surface area contributed by atoms with Gasteiger partial charge in [-0.3, -0.25) is 29.1 Å². The molecular formula is C42H68N6O6. The number of rotatable bonds is 20. The Balaban J connectivity index is 1.73. The molecule has 0 saturated carbocycles. The van der Waals surface area contributed by atoms with Crippen molar-refractivity contribution >= 4 is 34.5 Å². The van der Waals surface area contributed by atoms with E-state index in [9.17, 15) is 19.2 Å². The summed E-state index contributed by atoms with van der Waals surface area (Å²) in [6, 6.07) is 8.12. The molecule has 1 aliphatic rings. The van der Waals surface area contributed by atoms with E-state index >= 15 is 0 Å². The van der Waals surface area contributed by atoms with E-state index in [0.29, 0.717) is 19.5 Å². The first-order valence-electron chi connectivity index (χ1n) is 19.8. The van der Waals surface area contributed by atoms with E-state index in [1.807, 2.05) is 88.8 Å². The van der Waals surface area contributed by atoms with E-state index in [4.69, 9.17) is 9.47 Å². The van der Waals surface area contributed by atoms with Crippen molar-refractivity contribution in [1.29, 1.82) is 0 Å². The number of carbonyl (C=O) groups excluding carboxylic acids is 4. The number of benzene rings is 1. The molecule has 12 heteroatoms. The van der Waals surface area contributed by atoms with Crippen LogP contribution in [-0.2, 0) is 35.1 Å². The average molecular weight is 753 g/mol. The van der Waals surface area contributed by atoms with Crippen molar-refractivity contribution in [3.63, 3.8) is 0 Å². The fraction of sp³-hybridized carbons (Fsp3) is 0.690. The van der Waals surface area contributed by atoms with Gasteiger partial charge in [-0.15, -0.1) is 0 Å². The van der Waals surface area contributed by atoms with Gasteiger partial charge >= 0.3 is 0 Å². The van der Waals surface area contributed by atoms with Gasteiger partial charge in [-0.1, -0.05) is 73.1 Å². The lowest BCUT2D eigenvalue weighted by Gasteiger charge is -2.41. The number of methoxy groups -OCH3 is 2. The van der Waals surface area contributed by atoms with E-state index < -0.39 is 30.2 Å². The first kappa shape index (κ1) is 44.8. The molecule has 54 heavy (non-hydrogen) atoms. The zero-order chi connectivity index (χ0) is 40.3. The van der Waals surface area contributed by atoms with Crippen molar-refractivity contribution in [2.75, 3.05) is 48.5 Å². The Bertz CT molecular complexity index is 1520. The van der Waals surface area contributed by atoms with Crippen LogP contribution in [0.5, 0.6) is 0 Å². The number of likely N-dealkylation sites (tertiary alicyclic amines) is 1. The number of carbonyl (C=O) groups is 4. The molecule has 1 saturated heterocycles. The summed E-state index contributed by atoms with van der Waals surface area (Å²) in [7, 11) is 8.66. The number of ether oxygens (including phenoxy) is 2. The number of fused-ring (bicyclic) bond motifs is 1. The van der Waals surface area contributed by atoms with Gasteiger partial charge in [0.2, 0.25) is 23.6 Å². The standard InChI is InChI=1S/C42H68N6O6/c1-13-28(6)38(47(10)42(52)36(26(2)3)45-41(51)37(27(4)5)46(8)9)34(53-11)25-35(49)48-24-16-19-33(48)39(54-12)29(7)40(50)44-23-21-30-20-22-43-32-18-15-14-17-31(30)32/h14-15,17-18,20,22,26-29,33-34,36-39H,13,16,19,21,23-25H2,1-12H3,(H,44,50)(H,45,51)/t28-,29+,33-,34+,36-,37-,38-,39+/m0/s1. The lowest BCUT2D eigenvalue weighted by atomic mass is 9.89. The summed E-state index contributed by atoms with van der Waals surface area (Å²) in [5.74, 6) is -1.23. The highest BCUT2D eigenvalue weighted by Gasteiger charge is 2.43. The molecule has 3 rings (SSSR count). The van der Waals surface area contributed by atoms with Gasteiger partial charge in [-0.05, 0) is 68.8 Å². The number of hydrogen-bond acceptors (Lipinski definition) is 8. The Hall–Kier alpha value is -3.61. The molecule has 2 N–H and O–H groups in total. The minimum atomic E-state index is -0.745. The third-order valence-electron chi connectivity index (χ3n) is 11.4. The van der Waals surface area contributed by atoms with Gasteiger partial charge in [0, 0.05) is 45.9 Å². The SMILES string of the molecule is CC[C@H](C)[C@@H]([C@@H](CC(=O)N1CCC[C@H]1[C@H](OC)[C@@H](C)C(=O)NCCc1ccnc2ccccc12)OC)N(C)C(=O)[C@@H](NC(=O)[C@H](C(C)C)N(C)C)C(C)C. The predicted molar refractivity (Wildman–Crippen MR) is 214 cm³/mol. The number of pyridine rings is 1. The number of amides is 4. The van der Waals surface area contributed by atoms with Crippen molar-refractivity contribution in [2.45, 2.75) is 117 Å². The largest absolute Gasteiger partial charge is 0.379 e. The minimum Gasteiger partial charge on any atom is -0.379 e.